The first-order valence-corrected chi connectivity index (χ1v) is 30.0. The molecule has 0 saturated heterocycles. The lowest BCUT2D eigenvalue weighted by Gasteiger charge is -2.32. The Balaban J connectivity index is 5.85. The first-order valence-electron chi connectivity index (χ1n) is 30.0. The topological polar surface area (TPSA) is 105 Å². The summed E-state index contributed by atoms with van der Waals surface area (Å²) in [5.74, 6) is -0.720. The van der Waals surface area contributed by atoms with E-state index in [-0.39, 0.29) is 99.7 Å². The number of hydrogen-bond donors (Lipinski definition) is 0. The van der Waals surface area contributed by atoms with Gasteiger partial charge in [-0.3, -0.25) is 19.2 Å². The van der Waals surface area contributed by atoms with E-state index in [2.05, 4.69) is 55.4 Å². The van der Waals surface area contributed by atoms with Crippen LogP contribution < -0.4 is 0 Å². The summed E-state index contributed by atoms with van der Waals surface area (Å²) in [4.78, 5) is 53.9. The normalized spacial score (nSPS) is 14.1. The van der Waals surface area contributed by atoms with Crippen molar-refractivity contribution in [2.75, 3.05) is 26.4 Å². The van der Waals surface area contributed by atoms with Crippen molar-refractivity contribution in [1.29, 1.82) is 0 Å². The number of rotatable bonds is 52. The highest BCUT2D eigenvalue weighted by Gasteiger charge is 2.38. The number of unbranched alkanes of at least 4 members (excludes halogenated alkanes) is 28. The van der Waals surface area contributed by atoms with Crippen LogP contribution in [0.5, 0.6) is 0 Å². The van der Waals surface area contributed by atoms with E-state index in [0.29, 0.717) is 0 Å². The molecule has 0 aliphatic carbocycles. The molecule has 0 aromatic heterocycles. The Morgan fingerprint density at radius 2 is 0.435 bits per heavy atom. The molecule has 0 aromatic carbocycles. The quantitative estimate of drug-likeness (QED) is 0.0337. The number of hydrogen-bond acceptors (Lipinski definition) is 8. The summed E-state index contributed by atoms with van der Waals surface area (Å²) in [7, 11) is 0. The van der Waals surface area contributed by atoms with Crippen molar-refractivity contribution < 1.29 is 38.1 Å². The SMILES string of the molecule is CCCCCCCCCCC(C)CC(=O)OCC(COC(=O)CC(C)CCCCCCCCCC)(COC(=O)CC(C)CCCCCCCCCC)COC(=O)CC(C)CCCCCCCCCC. The van der Waals surface area contributed by atoms with Crippen LogP contribution in [0.1, 0.15) is 312 Å². The lowest BCUT2D eigenvalue weighted by Crippen LogP contribution is -2.44. The summed E-state index contributed by atoms with van der Waals surface area (Å²) >= 11 is 0. The molecule has 0 bridgehead atoms. The van der Waals surface area contributed by atoms with Crippen molar-refractivity contribution in [1.82, 2.24) is 0 Å². The van der Waals surface area contributed by atoms with E-state index in [0.717, 1.165) is 51.4 Å². The maximum absolute atomic E-state index is 13.5. The molecule has 69 heavy (non-hydrogen) atoms. The highest BCUT2D eigenvalue weighted by molar-refractivity contribution is 5.71. The first kappa shape index (κ1) is 66.9. The Bertz CT molecular complexity index is 1000. The molecular weight excluding hydrogens is 861 g/mol. The molecule has 0 aromatic rings. The Morgan fingerprint density at radius 1 is 0.275 bits per heavy atom. The largest absolute Gasteiger partial charge is 0.465 e. The fourth-order valence-electron chi connectivity index (χ4n) is 9.47. The van der Waals surface area contributed by atoms with Gasteiger partial charge in [0.25, 0.3) is 0 Å². The van der Waals surface area contributed by atoms with Crippen LogP contribution in [0, 0.1) is 29.1 Å². The van der Waals surface area contributed by atoms with E-state index in [1.165, 1.54) is 180 Å². The van der Waals surface area contributed by atoms with Gasteiger partial charge >= 0.3 is 23.9 Å². The van der Waals surface area contributed by atoms with Crippen LogP contribution in [0.15, 0.2) is 0 Å². The molecule has 0 rings (SSSR count). The Hall–Kier alpha value is -2.12. The summed E-state index contributed by atoms with van der Waals surface area (Å²) < 4.78 is 24.0. The third-order valence-corrected chi connectivity index (χ3v) is 14.4. The van der Waals surface area contributed by atoms with Crippen molar-refractivity contribution in [3.63, 3.8) is 0 Å². The smallest absolute Gasteiger partial charge is 0.306 e. The summed E-state index contributed by atoms with van der Waals surface area (Å²) in [6.45, 7) is 16.6. The van der Waals surface area contributed by atoms with E-state index >= 15 is 0 Å². The highest BCUT2D eigenvalue weighted by atomic mass is 16.6. The Labute approximate surface area is 428 Å². The molecule has 0 aliphatic heterocycles. The van der Waals surface area contributed by atoms with Gasteiger partial charge in [-0.05, 0) is 23.7 Å². The van der Waals surface area contributed by atoms with Crippen LogP contribution in [-0.2, 0) is 38.1 Å². The summed E-state index contributed by atoms with van der Waals surface area (Å²) in [5, 5.41) is 0. The summed E-state index contributed by atoms with van der Waals surface area (Å²) in [6, 6.07) is 0. The molecule has 8 heteroatoms. The van der Waals surface area contributed by atoms with Crippen LogP contribution in [0.25, 0.3) is 0 Å². The van der Waals surface area contributed by atoms with Gasteiger partial charge in [-0.2, -0.15) is 0 Å². The molecule has 0 spiro atoms. The van der Waals surface area contributed by atoms with E-state index in [1.54, 1.807) is 0 Å². The maximum atomic E-state index is 13.5. The summed E-state index contributed by atoms with van der Waals surface area (Å²) in [5.41, 5.74) is -1.24. The predicted octanol–water partition coefficient (Wildman–Crippen LogP) is 18.4. The van der Waals surface area contributed by atoms with Gasteiger partial charge in [-0.1, -0.05) is 287 Å². The van der Waals surface area contributed by atoms with Crippen molar-refractivity contribution in [3.05, 3.63) is 0 Å². The molecule has 0 N–H and O–H groups in total. The molecule has 0 radical (unpaired) electrons. The van der Waals surface area contributed by atoms with Gasteiger partial charge in [-0.15, -0.1) is 0 Å². The zero-order valence-electron chi connectivity index (χ0n) is 47.2. The minimum atomic E-state index is -1.24. The summed E-state index contributed by atoms with van der Waals surface area (Å²) in [6.07, 6.45) is 44.6. The van der Waals surface area contributed by atoms with E-state index in [1.807, 2.05) is 0 Å². The molecule has 4 unspecified atom stereocenters. The zero-order chi connectivity index (χ0) is 51.1. The van der Waals surface area contributed by atoms with Crippen LogP contribution >= 0.6 is 0 Å². The average Bonchev–Trinajstić information content (AvgIpc) is 3.31. The molecule has 408 valence electrons. The fourth-order valence-corrected chi connectivity index (χ4v) is 9.47. The van der Waals surface area contributed by atoms with Gasteiger partial charge in [-0.25, -0.2) is 0 Å². The molecule has 0 heterocycles. The maximum Gasteiger partial charge on any atom is 0.306 e. The third kappa shape index (κ3) is 44.3. The van der Waals surface area contributed by atoms with Gasteiger partial charge < -0.3 is 18.9 Å². The lowest BCUT2D eigenvalue weighted by atomic mass is 9.91. The average molecular weight is 978 g/mol. The molecule has 0 saturated carbocycles. The zero-order valence-corrected chi connectivity index (χ0v) is 47.2. The number of esters is 4. The lowest BCUT2D eigenvalue weighted by molar-refractivity contribution is -0.171. The second-order valence-electron chi connectivity index (χ2n) is 22.4. The van der Waals surface area contributed by atoms with Crippen LogP contribution in [-0.4, -0.2) is 50.3 Å². The van der Waals surface area contributed by atoms with E-state index in [4.69, 9.17) is 18.9 Å². The highest BCUT2D eigenvalue weighted by Crippen LogP contribution is 2.26. The molecule has 0 aliphatic rings. The second-order valence-corrected chi connectivity index (χ2v) is 22.4. The fraction of sp³-hybridized carbons (Fsp3) is 0.934. The van der Waals surface area contributed by atoms with Crippen LogP contribution in [0.4, 0.5) is 0 Å². The van der Waals surface area contributed by atoms with Crippen LogP contribution in [0.2, 0.25) is 0 Å². The van der Waals surface area contributed by atoms with Crippen molar-refractivity contribution in [2.45, 2.75) is 312 Å². The van der Waals surface area contributed by atoms with Gasteiger partial charge in [0.2, 0.25) is 0 Å². The predicted molar refractivity (Wildman–Crippen MR) is 290 cm³/mol. The van der Waals surface area contributed by atoms with Crippen molar-refractivity contribution in [3.8, 4) is 0 Å². The number of carbonyl (C=O) groups is 4. The molecular formula is C61H116O8. The number of ether oxygens (including phenoxy) is 4. The molecule has 0 fully saturated rings. The number of carbonyl (C=O) groups excluding carboxylic acids is 4. The van der Waals surface area contributed by atoms with Gasteiger partial charge in [0.1, 0.15) is 31.8 Å². The van der Waals surface area contributed by atoms with E-state index in [9.17, 15) is 19.2 Å². The van der Waals surface area contributed by atoms with E-state index < -0.39 is 5.41 Å². The van der Waals surface area contributed by atoms with Crippen molar-refractivity contribution in [2.24, 2.45) is 29.1 Å². The van der Waals surface area contributed by atoms with Crippen LogP contribution in [0.3, 0.4) is 0 Å². The molecule has 8 nitrogen and oxygen atoms in total. The third-order valence-electron chi connectivity index (χ3n) is 14.4. The van der Waals surface area contributed by atoms with Gasteiger partial charge in [0.05, 0.1) is 0 Å². The Morgan fingerprint density at radius 3 is 0.609 bits per heavy atom. The van der Waals surface area contributed by atoms with Gasteiger partial charge in [0, 0.05) is 25.7 Å². The first-order chi connectivity index (χ1) is 33.4. The second kappa shape index (κ2) is 48.2. The molecule has 4 atom stereocenters. The molecule has 0 amide bonds. The minimum Gasteiger partial charge on any atom is -0.465 e. The monoisotopic (exact) mass is 977 g/mol. The minimum absolute atomic E-state index is 0.160. The Kier molecular flexibility index (Phi) is 46.7. The standard InChI is InChI=1S/C61H116O8/c1-9-13-17-21-25-29-33-37-41-53(5)45-57(62)66-49-61(50-67-58(63)46-54(6)42-38-34-30-26-22-18-14-10-2,51-68-59(64)47-55(7)43-39-35-31-27-23-19-15-11-3)52-69-60(65)48-56(8)44-40-36-32-28-24-20-16-12-4/h53-56H,9-52H2,1-8H3. The van der Waals surface area contributed by atoms with Gasteiger partial charge in [0.15, 0.2) is 0 Å². The van der Waals surface area contributed by atoms with Crippen molar-refractivity contribution >= 4 is 23.9 Å².